The highest BCUT2D eigenvalue weighted by Crippen LogP contribution is 2.48. The number of carbonyl (C=O) groups is 1. The first-order valence-electron chi connectivity index (χ1n) is 11.7. The van der Waals surface area contributed by atoms with Gasteiger partial charge in [-0.1, -0.05) is 24.3 Å². The van der Waals surface area contributed by atoms with Crippen molar-refractivity contribution in [1.82, 2.24) is 4.98 Å². The fourth-order valence-electron chi connectivity index (χ4n) is 5.24. The zero-order valence-electron chi connectivity index (χ0n) is 19.3. The molecule has 6 rings (SSSR count). The van der Waals surface area contributed by atoms with Crippen LogP contribution >= 0.6 is 11.3 Å². The van der Waals surface area contributed by atoms with Crippen molar-refractivity contribution in [2.45, 2.75) is 38.1 Å². The molecule has 2 aliphatic rings. The zero-order valence-corrected chi connectivity index (χ0v) is 20.1. The molecular formula is C28H26N2O3S. The summed E-state index contributed by atoms with van der Waals surface area (Å²) in [5.74, 6) is 1.82. The molecule has 1 aliphatic carbocycles. The standard InChI is InChI=1S/C28H26N2O3S/c1-32-18-11-7-16(8-12-18)22-15-23(31)27-26(29-22)25-24(17-9-13-19(33-2)14-10-17)20-5-3-4-6-21(20)30-28(25)34-27/h7-14,22,29H,3-6,15H2,1-2H3. The summed E-state index contributed by atoms with van der Waals surface area (Å²) in [6, 6.07) is 16.1. The maximum atomic E-state index is 13.3. The van der Waals surface area contributed by atoms with E-state index in [1.165, 1.54) is 28.2 Å². The van der Waals surface area contributed by atoms with Crippen LogP contribution in [0.5, 0.6) is 11.5 Å². The number of hydrogen-bond donors (Lipinski definition) is 1. The number of nitrogens with zero attached hydrogens (tertiary/aromatic N) is 1. The molecule has 4 aromatic rings. The number of Topliss-reactive ketones (excluding diaryl/α,β-unsaturated/α-hetero) is 1. The third-order valence-corrected chi connectivity index (χ3v) is 8.10. The van der Waals surface area contributed by atoms with E-state index in [0.717, 1.165) is 69.1 Å². The highest BCUT2D eigenvalue weighted by atomic mass is 32.1. The zero-order chi connectivity index (χ0) is 23.2. The first-order chi connectivity index (χ1) is 16.7. The van der Waals surface area contributed by atoms with Crippen LogP contribution < -0.4 is 14.8 Å². The van der Waals surface area contributed by atoms with Crippen molar-refractivity contribution in [3.05, 3.63) is 70.2 Å². The van der Waals surface area contributed by atoms with E-state index in [0.29, 0.717) is 6.42 Å². The maximum Gasteiger partial charge on any atom is 0.177 e. The summed E-state index contributed by atoms with van der Waals surface area (Å²) >= 11 is 1.53. The summed E-state index contributed by atoms with van der Waals surface area (Å²) < 4.78 is 10.7. The molecule has 1 aliphatic heterocycles. The summed E-state index contributed by atoms with van der Waals surface area (Å²) in [5, 5.41) is 4.81. The summed E-state index contributed by atoms with van der Waals surface area (Å²) in [6.07, 6.45) is 4.77. The van der Waals surface area contributed by atoms with Gasteiger partial charge in [-0.15, -0.1) is 11.3 Å². The molecule has 1 unspecified atom stereocenters. The number of rotatable bonds is 4. The largest absolute Gasteiger partial charge is 0.497 e. The Kier molecular flexibility index (Phi) is 5.26. The average Bonchev–Trinajstić information content (AvgIpc) is 3.26. The van der Waals surface area contributed by atoms with Gasteiger partial charge in [-0.2, -0.15) is 0 Å². The Labute approximate surface area is 202 Å². The quantitative estimate of drug-likeness (QED) is 0.364. The topological polar surface area (TPSA) is 60.4 Å². The fraction of sp³-hybridized carbons (Fsp3) is 0.286. The fourth-order valence-corrected chi connectivity index (χ4v) is 6.35. The summed E-state index contributed by atoms with van der Waals surface area (Å²) in [4.78, 5) is 20.1. The Morgan fingerprint density at radius 1 is 0.941 bits per heavy atom. The maximum absolute atomic E-state index is 13.3. The number of pyridine rings is 1. The van der Waals surface area contributed by atoms with Gasteiger partial charge in [0, 0.05) is 17.5 Å². The van der Waals surface area contributed by atoms with Crippen LogP contribution in [0, 0.1) is 0 Å². The first-order valence-corrected chi connectivity index (χ1v) is 12.5. The first kappa shape index (κ1) is 21.2. The van der Waals surface area contributed by atoms with Crippen LogP contribution in [0.3, 0.4) is 0 Å². The van der Waals surface area contributed by atoms with Crippen LogP contribution in [0.25, 0.3) is 21.3 Å². The number of anilines is 1. The molecule has 0 saturated carbocycles. The lowest BCUT2D eigenvalue weighted by Gasteiger charge is -2.26. The number of thiophene rings is 1. The molecule has 5 nitrogen and oxygen atoms in total. The lowest BCUT2D eigenvalue weighted by molar-refractivity contribution is 0.0976. The molecule has 34 heavy (non-hydrogen) atoms. The van der Waals surface area contributed by atoms with E-state index in [1.807, 2.05) is 36.4 Å². The molecule has 0 fully saturated rings. The van der Waals surface area contributed by atoms with Gasteiger partial charge in [-0.25, -0.2) is 4.98 Å². The molecule has 0 radical (unpaired) electrons. The minimum Gasteiger partial charge on any atom is -0.497 e. The number of fused-ring (bicyclic) bond motifs is 4. The minimum atomic E-state index is -0.0801. The number of hydrogen-bond acceptors (Lipinski definition) is 6. The van der Waals surface area contributed by atoms with Gasteiger partial charge < -0.3 is 14.8 Å². The van der Waals surface area contributed by atoms with E-state index in [2.05, 4.69) is 17.4 Å². The molecule has 3 heterocycles. The summed E-state index contributed by atoms with van der Waals surface area (Å²) in [7, 11) is 3.35. The van der Waals surface area contributed by atoms with Crippen LogP contribution in [-0.2, 0) is 12.8 Å². The van der Waals surface area contributed by atoms with Crippen LogP contribution in [-0.4, -0.2) is 25.0 Å². The normalized spacial score (nSPS) is 17.1. The number of ketones is 1. The average molecular weight is 471 g/mol. The molecule has 1 atom stereocenters. The molecule has 0 bridgehead atoms. The van der Waals surface area contributed by atoms with Crippen LogP contribution in [0.2, 0.25) is 0 Å². The Morgan fingerprint density at radius 3 is 2.32 bits per heavy atom. The Balaban J connectivity index is 1.54. The third kappa shape index (κ3) is 3.44. The molecule has 1 N–H and O–H groups in total. The van der Waals surface area contributed by atoms with E-state index < -0.39 is 0 Å². The van der Waals surface area contributed by atoms with Crippen molar-refractivity contribution in [1.29, 1.82) is 0 Å². The number of carbonyl (C=O) groups excluding carboxylic acids is 1. The van der Waals surface area contributed by atoms with Crippen LogP contribution in [0.1, 0.15) is 51.8 Å². The molecule has 172 valence electrons. The molecule has 6 heteroatoms. The van der Waals surface area contributed by atoms with Crippen molar-refractivity contribution in [2.24, 2.45) is 0 Å². The number of nitrogens with one attached hydrogen (secondary N) is 1. The minimum absolute atomic E-state index is 0.0801. The van der Waals surface area contributed by atoms with Crippen molar-refractivity contribution < 1.29 is 14.3 Å². The SMILES string of the molecule is COc1ccc(-c2c3c(nc4sc5c(c24)NC(c2ccc(OC)cc2)CC5=O)CCCC3)cc1. The highest BCUT2D eigenvalue weighted by Gasteiger charge is 2.32. The van der Waals surface area contributed by atoms with Crippen molar-refractivity contribution >= 4 is 33.0 Å². The smallest absolute Gasteiger partial charge is 0.177 e. The van der Waals surface area contributed by atoms with Gasteiger partial charge in [0.25, 0.3) is 0 Å². The number of methoxy groups -OCH3 is 2. The van der Waals surface area contributed by atoms with Gasteiger partial charge in [0.05, 0.1) is 30.8 Å². The molecule has 0 saturated heterocycles. The van der Waals surface area contributed by atoms with Gasteiger partial charge in [0.1, 0.15) is 16.3 Å². The molecule has 0 amide bonds. The van der Waals surface area contributed by atoms with Crippen molar-refractivity contribution in [2.75, 3.05) is 19.5 Å². The highest BCUT2D eigenvalue weighted by molar-refractivity contribution is 7.21. The monoisotopic (exact) mass is 470 g/mol. The lowest BCUT2D eigenvalue weighted by Crippen LogP contribution is -2.21. The van der Waals surface area contributed by atoms with Crippen molar-refractivity contribution in [3.8, 4) is 22.6 Å². The van der Waals surface area contributed by atoms with E-state index in [4.69, 9.17) is 14.5 Å². The number of aromatic nitrogens is 1. The van der Waals surface area contributed by atoms with Gasteiger partial charge in [-0.05, 0) is 72.2 Å². The second-order valence-corrected chi connectivity index (χ2v) is 9.93. The predicted octanol–water partition coefficient (Wildman–Crippen LogP) is 6.60. The second kappa shape index (κ2) is 8.44. The van der Waals surface area contributed by atoms with E-state index in [1.54, 1.807) is 14.2 Å². The second-order valence-electron chi connectivity index (χ2n) is 8.93. The number of benzene rings is 2. The van der Waals surface area contributed by atoms with Gasteiger partial charge >= 0.3 is 0 Å². The Bertz CT molecular complexity index is 1390. The lowest BCUT2D eigenvalue weighted by atomic mass is 9.86. The third-order valence-electron chi connectivity index (χ3n) is 6.97. The number of ether oxygens (including phenoxy) is 2. The van der Waals surface area contributed by atoms with Crippen LogP contribution in [0.4, 0.5) is 5.69 Å². The molecule has 2 aromatic heterocycles. The van der Waals surface area contributed by atoms with Gasteiger partial charge in [0.15, 0.2) is 5.78 Å². The Hall–Kier alpha value is -3.38. The Morgan fingerprint density at radius 2 is 1.62 bits per heavy atom. The van der Waals surface area contributed by atoms with E-state index in [-0.39, 0.29) is 11.8 Å². The predicted molar refractivity (Wildman–Crippen MR) is 137 cm³/mol. The summed E-state index contributed by atoms with van der Waals surface area (Å²) in [5.41, 5.74) is 6.88. The molecule has 2 aromatic carbocycles. The van der Waals surface area contributed by atoms with Gasteiger partial charge in [-0.3, -0.25) is 4.79 Å². The summed E-state index contributed by atoms with van der Waals surface area (Å²) in [6.45, 7) is 0. The van der Waals surface area contributed by atoms with E-state index in [9.17, 15) is 4.79 Å². The van der Waals surface area contributed by atoms with E-state index >= 15 is 0 Å². The van der Waals surface area contributed by atoms with Crippen LogP contribution in [0.15, 0.2) is 48.5 Å². The van der Waals surface area contributed by atoms with Gasteiger partial charge in [0.2, 0.25) is 0 Å². The van der Waals surface area contributed by atoms with Crippen molar-refractivity contribution in [3.63, 3.8) is 0 Å². The molecule has 0 spiro atoms. The molecular weight excluding hydrogens is 444 g/mol. The number of aryl methyl sites for hydroxylation is 1.